The quantitative estimate of drug-likeness (QED) is 0.286. The fraction of sp³-hybridized carbons (Fsp3) is 0.250. The van der Waals surface area contributed by atoms with Gasteiger partial charge in [0.2, 0.25) is 5.91 Å². The van der Waals surface area contributed by atoms with Crippen LogP contribution in [-0.4, -0.2) is 21.1 Å². The number of thioether (sulfide) groups is 1. The third-order valence-electron chi connectivity index (χ3n) is 4.94. The number of benzene rings is 2. The van der Waals surface area contributed by atoms with Gasteiger partial charge < -0.3 is 9.15 Å². The third kappa shape index (κ3) is 5.80. The van der Waals surface area contributed by atoms with E-state index in [2.05, 4.69) is 15.2 Å². The second kappa shape index (κ2) is 10.2. The van der Waals surface area contributed by atoms with Gasteiger partial charge in [-0.1, -0.05) is 30.0 Å². The van der Waals surface area contributed by atoms with Crippen molar-refractivity contribution in [3.63, 3.8) is 0 Å². The van der Waals surface area contributed by atoms with E-state index in [0.717, 1.165) is 28.3 Å². The molecule has 4 aromatic rings. The number of carbonyl (C=O) groups is 1. The van der Waals surface area contributed by atoms with Gasteiger partial charge in [0.15, 0.2) is 11.7 Å². The molecule has 0 aliphatic rings. The predicted molar refractivity (Wildman–Crippen MR) is 130 cm³/mol. The van der Waals surface area contributed by atoms with Crippen LogP contribution in [0.1, 0.15) is 35.2 Å². The first kappa shape index (κ1) is 23.0. The van der Waals surface area contributed by atoms with Gasteiger partial charge in [0.25, 0.3) is 11.1 Å². The Balaban J connectivity index is 1.37. The van der Waals surface area contributed by atoms with Crippen LogP contribution in [0.4, 0.5) is 10.8 Å². The number of amides is 1. The second-order valence-electron chi connectivity index (χ2n) is 7.60. The Morgan fingerprint density at radius 1 is 1.12 bits per heavy atom. The molecule has 0 fully saturated rings. The summed E-state index contributed by atoms with van der Waals surface area (Å²) in [4.78, 5) is 18.6. The summed E-state index contributed by atoms with van der Waals surface area (Å²) in [6.45, 7) is 7.85. The molecular formula is C24H24N4O3S2. The fourth-order valence-electron chi connectivity index (χ4n) is 3.10. The first-order valence-corrected chi connectivity index (χ1v) is 12.2. The van der Waals surface area contributed by atoms with Gasteiger partial charge in [0, 0.05) is 18.1 Å². The van der Waals surface area contributed by atoms with Crippen LogP contribution in [0.15, 0.2) is 57.5 Å². The number of ether oxygens (including phenoxy) is 1. The molecule has 4 rings (SSSR count). The van der Waals surface area contributed by atoms with Crippen LogP contribution < -0.4 is 9.64 Å². The molecule has 0 unspecified atom stereocenters. The molecule has 7 nitrogen and oxygen atoms in total. The Morgan fingerprint density at radius 3 is 2.73 bits per heavy atom. The molecule has 1 amide bonds. The summed E-state index contributed by atoms with van der Waals surface area (Å²) in [5.41, 5.74) is 5.09. The number of thiazole rings is 1. The highest BCUT2D eigenvalue weighted by Crippen LogP contribution is 2.32. The molecule has 0 aliphatic heterocycles. The Hall–Kier alpha value is -3.17. The summed E-state index contributed by atoms with van der Waals surface area (Å²) in [7, 11) is 0. The van der Waals surface area contributed by atoms with Crippen LogP contribution in [0.25, 0.3) is 0 Å². The third-order valence-corrected chi connectivity index (χ3v) is 6.66. The average Bonchev–Trinajstić information content (AvgIpc) is 3.43. The van der Waals surface area contributed by atoms with Gasteiger partial charge in [-0.05, 0) is 61.7 Å². The van der Waals surface area contributed by atoms with Crippen molar-refractivity contribution in [2.45, 2.75) is 45.3 Å². The largest absolute Gasteiger partial charge is 0.484 e. The van der Waals surface area contributed by atoms with Crippen LogP contribution in [0.3, 0.4) is 0 Å². The Labute approximate surface area is 200 Å². The van der Waals surface area contributed by atoms with E-state index in [9.17, 15) is 4.79 Å². The van der Waals surface area contributed by atoms with E-state index < -0.39 is 0 Å². The molecule has 2 aromatic heterocycles. The normalized spacial score (nSPS) is 10.9. The van der Waals surface area contributed by atoms with E-state index in [1.54, 1.807) is 11.8 Å². The topological polar surface area (TPSA) is 81.4 Å². The Bertz CT molecular complexity index is 1270. The number of aromatic nitrogens is 3. The average molecular weight is 481 g/mol. The summed E-state index contributed by atoms with van der Waals surface area (Å²) in [5.74, 6) is 1.64. The van der Waals surface area contributed by atoms with Crippen LogP contribution in [0, 0.1) is 20.8 Å². The summed E-state index contributed by atoms with van der Waals surface area (Å²) in [6, 6.07) is 13.8. The zero-order chi connectivity index (χ0) is 23.4. The van der Waals surface area contributed by atoms with Gasteiger partial charge in [-0.3, -0.25) is 9.69 Å². The van der Waals surface area contributed by atoms with Gasteiger partial charge in [-0.25, -0.2) is 4.98 Å². The van der Waals surface area contributed by atoms with E-state index in [4.69, 9.17) is 9.15 Å². The smallest absolute Gasteiger partial charge is 0.277 e. The van der Waals surface area contributed by atoms with Gasteiger partial charge in [-0.2, -0.15) is 0 Å². The number of rotatable bonds is 8. The number of hydrogen-bond donors (Lipinski definition) is 0. The molecule has 0 aliphatic carbocycles. The minimum atomic E-state index is -0.0815. The predicted octanol–water partition coefficient (Wildman–Crippen LogP) is 6.01. The lowest BCUT2D eigenvalue weighted by Gasteiger charge is -2.19. The maximum atomic E-state index is 12.4. The van der Waals surface area contributed by atoms with E-state index in [1.807, 2.05) is 68.6 Å². The van der Waals surface area contributed by atoms with E-state index in [1.165, 1.54) is 28.7 Å². The number of anilines is 2. The molecule has 9 heteroatoms. The Morgan fingerprint density at radius 2 is 1.97 bits per heavy atom. The summed E-state index contributed by atoms with van der Waals surface area (Å²) in [6.07, 6.45) is 0. The number of aryl methyl sites for hydroxylation is 3. The maximum absolute atomic E-state index is 12.4. The minimum Gasteiger partial charge on any atom is -0.484 e. The summed E-state index contributed by atoms with van der Waals surface area (Å²) < 4.78 is 11.4. The van der Waals surface area contributed by atoms with Gasteiger partial charge in [0.1, 0.15) is 5.75 Å². The highest BCUT2D eigenvalue weighted by molar-refractivity contribution is 7.98. The number of nitrogens with zero attached hydrogens (tertiary/aromatic N) is 4. The molecule has 0 bridgehead atoms. The fourth-order valence-corrected chi connectivity index (χ4v) is 4.76. The van der Waals surface area contributed by atoms with Gasteiger partial charge in [-0.15, -0.1) is 21.5 Å². The molecule has 0 saturated carbocycles. The summed E-state index contributed by atoms with van der Waals surface area (Å²) >= 11 is 2.83. The molecule has 170 valence electrons. The van der Waals surface area contributed by atoms with Crippen molar-refractivity contribution in [1.29, 1.82) is 0 Å². The van der Waals surface area contributed by atoms with Crippen molar-refractivity contribution in [3.05, 3.63) is 76.1 Å². The summed E-state index contributed by atoms with van der Waals surface area (Å²) in [5, 5.41) is 11.1. The monoisotopic (exact) mass is 480 g/mol. The molecule has 0 spiro atoms. The highest BCUT2D eigenvalue weighted by atomic mass is 32.2. The lowest BCUT2D eigenvalue weighted by atomic mass is 10.1. The lowest BCUT2D eigenvalue weighted by Crippen LogP contribution is -2.22. The molecule has 0 radical (unpaired) electrons. The number of carbonyl (C=O) groups excluding carboxylic acids is 1. The molecular weight excluding hydrogens is 456 g/mol. The Kier molecular flexibility index (Phi) is 7.10. The van der Waals surface area contributed by atoms with Crippen molar-refractivity contribution >= 4 is 39.8 Å². The van der Waals surface area contributed by atoms with E-state index in [-0.39, 0.29) is 12.5 Å². The molecule has 2 heterocycles. The first-order chi connectivity index (χ1) is 15.9. The molecule has 0 N–H and O–H groups in total. The van der Waals surface area contributed by atoms with Crippen LogP contribution in [0.2, 0.25) is 0 Å². The molecule has 2 aromatic carbocycles. The van der Waals surface area contributed by atoms with Gasteiger partial charge in [0.05, 0.1) is 11.4 Å². The first-order valence-electron chi connectivity index (χ1n) is 10.4. The highest BCUT2D eigenvalue weighted by Gasteiger charge is 2.19. The maximum Gasteiger partial charge on any atom is 0.277 e. The standard InChI is InChI=1S/C24H24N4O3S2/c1-15-6-5-7-21(10-15)30-12-22-26-27-24(31-22)33-14-19-13-32-23(25-19)28(18(4)29)20-9-8-16(2)17(3)11-20/h5-11,13H,12,14H2,1-4H3. The molecule has 0 saturated heterocycles. The van der Waals surface area contributed by atoms with E-state index in [0.29, 0.717) is 22.0 Å². The molecule has 0 atom stereocenters. The zero-order valence-corrected chi connectivity index (χ0v) is 20.5. The van der Waals surface area contributed by atoms with Gasteiger partial charge >= 0.3 is 0 Å². The SMILES string of the molecule is CC(=O)N(c1ccc(C)c(C)c1)c1nc(CSc2nnc(COc3cccc(C)c3)o2)cs1. The van der Waals surface area contributed by atoms with Crippen molar-refractivity contribution in [2.24, 2.45) is 0 Å². The minimum absolute atomic E-state index is 0.0815. The zero-order valence-electron chi connectivity index (χ0n) is 18.9. The van der Waals surface area contributed by atoms with Crippen molar-refractivity contribution in [1.82, 2.24) is 15.2 Å². The lowest BCUT2D eigenvalue weighted by molar-refractivity contribution is -0.115. The number of hydrogen-bond acceptors (Lipinski definition) is 8. The van der Waals surface area contributed by atoms with Crippen molar-refractivity contribution in [2.75, 3.05) is 4.90 Å². The van der Waals surface area contributed by atoms with Crippen LogP contribution >= 0.6 is 23.1 Å². The van der Waals surface area contributed by atoms with Crippen molar-refractivity contribution < 1.29 is 13.9 Å². The van der Waals surface area contributed by atoms with E-state index >= 15 is 0 Å². The van der Waals surface area contributed by atoms with Crippen LogP contribution in [0.5, 0.6) is 5.75 Å². The van der Waals surface area contributed by atoms with Crippen molar-refractivity contribution in [3.8, 4) is 5.75 Å². The second-order valence-corrected chi connectivity index (χ2v) is 9.36. The molecule has 33 heavy (non-hydrogen) atoms. The van der Waals surface area contributed by atoms with Crippen LogP contribution in [-0.2, 0) is 17.2 Å².